The van der Waals surface area contributed by atoms with Gasteiger partial charge in [0, 0.05) is 18.4 Å². The van der Waals surface area contributed by atoms with Crippen LogP contribution in [0.2, 0.25) is 0 Å². The summed E-state index contributed by atoms with van der Waals surface area (Å²) in [4.78, 5) is 12.2. The van der Waals surface area contributed by atoms with Crippen molar-refractivity contribution in [3.05, 3.63) is 0 Å². The SMILES string of the molecule is C[C@@H](O)CNS(=O)(=O)C[C@@]12CC[C@@H](CC1=O)C2(C)C. The molecule has 2 N–H and O–H groups in total. The van der Waals surface area contributed by atoms with Crippen LogP contribution < -0.4 is 4.72 Å². The molecule has 0 heterocycles. The lowest BCUT2D eigenvalue weighted by atomic mass is 9.70. The number of carbonyl (C=O) groups is 1. The van der Waals surface area contributed by atoms with E-state index in [0.29, 0.717) is 18.8 Å². The Balaban J connectivity index is 2.20. The Kier molecular flexibility index (Phi) is 3.56. The van der Waals surface area contributed by atoms with Gasteiger partial charge in [-0.3, -0.25) is 4.79 Å². The second kappa shape index (κ2) is 4.53. The number of hydrogen-bond acceptors (Lipinski definition) is 4. The van der Waals surface area contributed by atoms with Crippen molar-refractivity contribution in [2.75, 3.05) is 12.3 Å². The van der Waals surface area contributed by atoms with Gasteiger partial charge in [-0.1, -0.05) is 13.8 Å². The molecule has 0 aromatic heterocycles. The van der Waals surface area contributed by atoms with Crippen LogP contribution in [0.4, 0.5) is 0 Å². The molecule has 0 aliphatic heterocycles. The largest absolute Gasteiger partial charge is 0.392 e. The highest BCUT2D eigenvalue weighted by Gasteiger charge is 2.65. The molecule has 2 fully saturated rings. The van der Waals surface area contributed by atoms with Crippen LogP contribution in [0, 0.1) is 16.7 Å². The first-order valence-electron chi connectivity index (χ1n) is 6.79. The van der Waals surface area contributed by atoms with E-state index in [1.54, 1.807) is 0 Å². The maximum atomic E-state index is 12.2. The van der Waals surface area contributed by atoms with E-state index >= 15 is 0 Å². The summed E-state index contributed by atoms with van der Waals surface area (Å²) < 4.78 is 26.7. The van der Waals surface area contributed by atoms with Gasteiger partial charge < -0.3 is 5.11 Å². The van der Waals surface area contributed by atoms with Crippen LogP contribution in [0.15, 0.2) is 0 Å². The molecule has 5 nitrogen and oxygen atoms in total. The molecule has 0 saturated heterocycles. The summed E-state index contributed by atoms with van der Waals surface area (Å²) in [5.74, 6) is 0.262. The highest BCUT2D eigenvalue weighted by atomic mass is 32.2. The average Bonchev–Trinajstić information content (AvgIpc) is 2.60. The number of aliphatic hydroxyl groups is 1. The Morgan fingerprint density at radius 2 is 2.11 bits per heavy atom. The molecule has 2 aliphatic carbocycles. The van der Waals surface area contributed by atoms with Crippen molar-refractivity contribution in [1.82, 2.24) is 4.72 Å². The van der Waals surface area contributed by atoms with Gasteiger partial charge in [0.1, 0.15) is 5.78 Å². The Labute approximate surface area is 114 Å². The molecular weight excluding hydrogens is 266 g/mol. The van der Waals surface area contributed by atoms with E-state index in [9.17, 15) is 13.2 Å². The minimum atomic E-state index is -3.54. The molecule has 2 saturated carbocycles. The molecule has 0 spiro atoms. The van der Waals surface area contributed by atoms with Crippen LogP contribution in [0.3, 0.4) is 0 Å². The van der Waals surface area contributed by atoms with E-state index in [1.807, 2.05) is 13.8 Å². The number of rotatable bonds is 5. The molecule has 2 aliphatic rings. The first-order valence-corrected chi connectivity index (χ1v) is 8.45. The molecule has 2 rings (SSSR count). The lowest BCUT2D eigenvalue weighted by molar-refractivity contribution is -0.128. The maximum Gasteiger partial charge on any atom is 0.212 e. The van der Waals surface area contributed by atoms with Gasteiger partial charge in [0.25, 0.3) is 0 Å². The molecule has 0 radical (unpaired) electrons. The predicted octanol–water partition coefficient (Wildman–Crippen LogP) is 0.682. The molecule has 0 aromatic carbocycles. The van der Waals surface area contributed by atoms with Crippen LogP contribution in [-0.2, 0) is 14.8 Å². The van der Waals surface area contributed by atoms with Crippen molar-refractivity contribution in [1.29, 1.82) is 0 Å². The Hall–Kier alpha value is -0.460. The number of Topliss-reactive ketones (excluding diaryl/α,β-unsaturated/α-hetero) is 1. The van der Waals surface area contributed by atoms with E-state index < -0.39 is 21.5 Å². The number of fused-ring (bicyclic) bond motifs is 2. The van der Waals surface area contributed by atoms with E-state index in [2.05, 4.69) is 4.72 Å². The van der Waals surface area contributed by atoms with E-state index in [-0.39, 0.29) is 23.5 Å². The van der Waals surface area contributed by atoms with Crippen LogP contribution in [0.1, 0.15) is 40.0 Å². The van der Waals surface area contributed by atoms with Crippen LogP contribution in [0.25, 0.3) is 0 Å². The zero-order valence-electron chi connectivity index (χ0n) is 11.8. The van der Waals surface area contributed by atoms with Gasteiger partial charge in [0.2, 0.25) is 10.0 Å². The molecule has 6 heteroatoms. The quantitative estimate of drug-likeness (QED) is 0.779. The second-order valence-electron chi connectivity index (χ2n) is 6.62. The summed E-state index contributed by atoms with van der Waals surface area (Å²) in [5.41, 5.74) is -0.980. The molecular formula is C13H23NO4S. The summed E-state index contributed by atoms with van der Waals surface area (Å²) >= 11 is 0. The van der Waals surface area contributed by atoms with E-state index in [1.165, 1.54) is 6.92 Å². The Morgan fingerprint density at radius 1 is 1.47 bits per heavy atom. The molecule has 3 atom stereocenters. The number of aliphatic hydroxyl groups excluding tert-OH is 1. The van der Waals surface area contributed by atoms with E-state index in [4.69, 9.17) is 5.11 Å². The van der Waals surface area contributed by atoms with Gasteiger partial charge in [-0.2, -0.15) is 0 Å². The van der Waals surface area contributed by atoms with Gasteiger partial charge in [0.15, 0.2) is 0 Å². The van der Waals surface area contributed by atoms with Crippen LogP contribution >= 0.6 is 0 Å². The summed E-state index contributed by atoms with van der Waals surface area (Å²) in [7, 11) is -3.54. The maximum absolute atomic E-state index is 12.2. The van der Waals surface area contributed by atoms with Crippen LogP contribution in [0.5, 0.6) is 0 Å². The average molecular weight is 289 g/mol. The zero-order valence-corrected chi connectivity index (χ0v) is 12.6. The molecule has 0 unspecified atom stereocenters. The predicted molar refractivity (Wildman–Crippen MR) is 72.0 cm³/mol. The first kappa shape index (κ1) is 14.9. The number of nitrogens with one attached hydrogen (secondary N) is 1. The number of carbonyl (C=O) groups excluding carboxylic acids is 1. The van der Waals surface area contributed by atoms with Gasteiger partial charge >= 0.3 is 0 Å². The lowest BCUT2D eigenvalue weighted by Crippen LogP contribution is -2.46. The topological polar surface area (TPSA) is 83.5 Å². The monoisotopic (exact) mass is 289 g/mol. The van der Waals surface area contributed by atoms with Gasteiger partial charge in [-0.05, 0) is 31.1 Å². The lowest BCUT2D eigenvalue weighted by Gasteiger charge is -2.36. The summed E-state index contributed by atoms with van der Waals surface area (Å²) in [5, 5.41) is 9.17. The zero-order chi connectivity index (χ0) is 14.5. The van der Waals surface area contributed by atoms with Crippen molar-refractivity contribution >= 4 is 15.8 Å². The summed E-state index contributed by atoms with van der Waals surface area (Å²) in [6, 6.07) is 0. The van der Waals surface area contributed by atoms with E-state index in [0.717, 1.165) is 6.42 Å². The fourth-order valence-corrected chi connectivity index (χ4v) is 5.65. The first-order chi connectivity index (χ1) is 8.61. The van der Waals surface area contributed by atoms with Gasteiger partial charge in [-0.15, -0.1) is 0 Å². The minimum absolute atomic E-state index is 0.00351. The third-order valence-corrected chi connectivity index (χ3v) is 6.65. The van der Waals surface area contributed by atoms with Crippen molar-refractivity contribution in [3.63, 3.8) is 0 Å². The van der Waals surface area contributed by atoms with Gasteiger partial charge in [-0.25, -0.2) is 13.1 Å². The summed E-state index contributed by atoms with van der Waals surface area (Å²) in [6.07, 6.45) is 1.39. The molecule has 0 amide bonds. The fraction of sp³-hybridized carbons (Fsp3) is 0.923. The van der Waals surface area contributed by atoms with Crippen LogP contribution in [-0.4, -0.2) is 37.7 Å². The summed E-state index contributed by atoms with van der Waals surface area (Å²) in [6.45, 7) is 5.55. The number of hydrogen-bond donors (Lipinski definition) is 2. The normalized spacial score (nSPS) is 34.7. The third-order valence-electron chi connectivity index (χ3n) is 5.17. The molecule has 110 valence electrons. The standard InChI is InChI=1S/C13H23NO4S/c1-9(15)7-14-19(17,18)8-13-5-4-10(6-11(13)16)12(13,2)3/h9-10,14-15H,4-8H2,1-3H3/t9-,10+,13+/m1/s1. The van der Waals surface area contributed by atoms with Gasteiger partial charge in [0.05, 0.1) is 11.9 Å². The van der Waals surface area contributed by atoms with Crippen molar-refractivity contribution in [3.8, 4) is 0 Å². The third kappa shape index (κ3) is 2.34. The fourth-order valence-electron chi connectivity index (χ4n) is 3.73. The van der Waals surface area contributed by atoms with Crippen molar-refractivity contribution in [2.24, 2.45) is 16.7 Å². The molecule has 19 heavy (non-hydrogen) atoms. The molecule has 2 bridgehead atoms. The second-order valence-corrected chi connectivity index (χ2v) is 8.43. The minimum Gasteiger partial charge on any atom is -0.392 e. The Bertz CT molecular complexity index is 483. The Morgan fingerprint density at radius 3 is 2.53 bits per heavy atom. The highest BCUT2D eigenvalue weighted by Crippen LogP contribution is 2.64. The molecule has 0 aromatic rings. The number of sulfonamides is 1. The smallest absolute Gasteiger partial charge is 0.212 e. The van der Waals surface area contributed by atoms with Crippen molar-refractivity contribution in [2.45, 2.75) is 46.1 Å². The highest BCUT2D eigenvalue weighted by molar-refractivity contribution is 7.89. The number of ketones is 1. The van der Waals surface area contributed by atoms with Crippen molar-refractivity contribution < 1.29 is 18.3 Å².